The molecule has 4 atom stereocenters. The highest BCUT2D eigenvalue weighted by Crippen LogP contribution is 2.07. The average molecular weight is 422 g/mol. The number of aliphatic hydroxyl groups excluding tert-OH is 1. The van der Waals surface area contributed by atoms with Gasteiger partial charge in [0.25, 0.3) is 0 Å². The molecule has 0 fully saturated rings. The first-order valence-electron chi connectivity index (χ1n) is 9.61. The first-order chi connectivity index (χ1) is 14.1. The molecule has 0 saturated carbocycles. The van der Waals surface area contributed by atoms with Gasteiger partial charge in [-0.05, 0) is 18.4 Å². The summed E-state index contributed by atoms with van der Waals surface area (Å²) in [6.07, 6.45) is -1.16. The molecule has 0 radical (unpaired) electrons. The number of nitrogens with two attached hydrogens (primary N) is 1. The van der Waals surface area contributed by atoms with Gasteiger partial charge in [-0.2, -0.15) is 0 Å². The minimum Gasteiger partial charge on any atom is -0.480 e. The number of carboxylic acid groups (broad SMARTS) is 1. The van der Waals surface area contributed by atoms with Crippen LogP contribution in [0.2, 0.25) is 0 Å². The van der Waals surface area contributed by atoms with E-state index in [0.717, 1.165) is 5.56 Å². The van der Waals surface area contributed by atoms with Crippen molar-refractivity contribution in [2.45, 2.75) is 51.4 Å². The highest BCUT2D eigenvalue weighted by Gasteiger charge is 2.32. The fourth-order valence-corrected chi connectivity index (χ4v) is 2.73. The lowest BCUT2D eigenvalue weighted by molar-refractivity contribution is -0.142. The molecule has 166 valence electrons. The van der Waals surface area contributed by atoms with E-state index in [1.807, 2.05) is 0 Å². The molecule has 0 bridgehead atoms. The monoisotopic (exact) mass is 422 g/mol. The summed E-state index contributed by atoms with van der Waals surface area (Å²) >= 11 is 0. The normalized spacial score (nSPS) is 14.9. The molecule has 7 N–H and O–H groups in total. The van der Waals surface area contributed by atoms with Gasteiger partial charge in [0.1, 0.15) is 18.1 Å². The Balaban J connectivity index is 2.91. The first kappa shape index (κ1) is 25.1. The van der Waals surface area contributed by atoms with Gasteiger partial charge in [0.15, 0.2) is 0 Å². The van der Waals surface area contributed by atoms with Crippen molar-refractivity contribution >= 4 is 23.7 Å². The van der Waals surface area contributed by atoms with Crippen molar-refractivity contribution in [2.24, 2.45) is 11.7 Å². The van der Waals surface area contributed by atoms with Crippen LogP contribution >= 0.6 is 0 Å². The molecule has 0 spiro atoms. The van der Waals surface area contributed by atoms with Crippen LogP contribution in [-0.2, 0) is 25.6 Å². The highest BCUT2D eigenvalue weighted by molar-refractivity contribution is 5.94. The zero-order chi connectivity index (χ0) is 22.8. The molecule has 0 aliphatic rings. The molecule has 1 aromatic carbocycles. The molecule has 0 aromatic heterocycles. The number of carbonyl (C=O) groups is 4. The van der Waals surface area contributed by atoms with Gasteiger partial charge in [0, 0.05) is 6.42 Å². The minimum atomic E-state index is -1.31. The lowest BCUT2D eigenvalue weighted by Crippen LogP contribution is -2.60. The summed E-state index contributed by atoms with van der Waals surface area (Å²) in [6, 6.07) is 5.24. The number of nitrogens with one attached hydrogen (secondary N) is 3. The Labute approximate surface area is 175 Å². The Morgan fingerprint density at radius 3 is 1.97 bits per heavy atom. The summed E-state index contributed by atoms with van der Waals surface area (Å²) in [6.45, 7) is 4.29. The van der Waals surface area contributed by atoms with Crippen LogP contribution in [0.1, 0.15) is 26.3 Å². The van der Waals surface area contributed by atoms with Gasteiger partial charge in [-0.3, -0.25) is 14.4 Å². The van der Waals surface area contributed by atoms with E-state index in [-0.39, 0.29) is 18.9 Å². The largest absolute Gasteiger partial charge is 0.480 e. The highest BCUT2D eigenvalue weighted by atomic mass is 16.4. The molecule has 10 heteroatoms. The van der Waals surface area contributed by atoms with Crippen LogP contribution in [-0.4, -0.2) is 64.7 Å². The molecule has 0 saturated heterocycles. The Morgan fingerprint density at radius 1 is 0.933 bits per heavy atom. The van der Waals surface area contributed by atoms with E-state index in [4.69, 9.17) is 5.73 Å². The first-order valence-corrected chi connectivity index (χ1v) is 9.61. The van der Waals surface area contributed by atoms with Crippen molar-refractivity contribution in [3.05, 3.63) is 35.9 Å². The van der Waals surface area contributed by atoms with Crippen LogP contribution in [0, 0.1) is 5.92 Å². The van der Waals surface area contributed by atoms with Gasteiger partial charge < -0.3 is 31.9 Å². The summed E-state index contributed by atoms with van der Waals surface area (Å²) in [5.74, 6) is -3.71. The van der Waals surface area contributed by atoms with Gasteiger partial charge in [-0.1, -0.05) is 44.2 Å². The zero-order valence-corrected chi connectivity index (χ0v) is 17.3. The van der Waals surface area contributed by atoms with Crippen LogP contribution in [0.5, 0.6) is 0 Å². The molecule has 30 heavy (non-hydrogen) atoms. The Morgan fingerprint density at radius 2 is 1.50 bits per heavy atom. The molecule has 10 nitrogen and oxygen atoms in total. The van der Waals surface area contributed by atoms with Crippen molar-refractivity contribution in [1.29, 1.82) is 0 Å². The van der Waals surface area contributed by atoms with E-state index in [9.17, 15) is 29.4 Å². The molecule has 0 aliphatic carbocycles. The van der Waals surface area contributed by atoms with Crippen molar-refractivity contribution in [3.63, 3.8) is 0 Å². The molecule has 1 aromatic rings. The fraction of sp³-hybridized carbons (Fsp3) is 0.500. The third-order valence-corrected chi connectivity index (χ3v) is 4.41. The maximum Gasteiger partial charge on any atom is 0.326 e. The van der Waals surface area contributed by atoms with Crippen LogP contribution in [0.25, 0.3) is 0 Å². The number of hydrogen-bond acceptors (Lipinski definition) is 6. The Hall–Kier alpha value is -2.98. The number of hydrogen-bond donors (Lipinski definition) is 6. The number of aliphatic hydroxyl groups is 1. The Bertz CT molecular complexity index is 738. The SMILES string of the molecule is CC(C)C(NC(=O)C(NC(=O)CN)C(C)O)C(=O)NC(Cc1ccccc1)C(=O)O. The number of carbonyl (C=O) groups excluding carboxylic acids is 3. The summed E-state index contributed by atoms with van der Waals surface area (Å²) in [7, 11) is 0. The predicted molar refractivity (Wildman–Crippen MR) is 109 cm³/mol. The van der Waals surface area contributed by atoms with Crippen molar-refractivity contribution < 1.29 is 29.4 Å². The smallest absolute Gasteiger partial charge is 0.326 e. The van der Waals surface area contributed by atoms with E-state index in [1.54, 1.807) is 44.2 Å². The summed E-state index contributed by atoms with van der Waals surface area (Å²) in [5, 5.41) is 26.5. The number of rotatable bonds is 11. The van der Waals surface area contributed by atoms with Crippen LogP contribution in [0.15, 0.2) is 30.3 Å². The second-order valence-corrected chi connectivity index (χ2v) is 7.31. The second kappa shape index (κ2) is 11.9. The topological polar surface area (TPSA) is 171 Å². The summed E-state index contributed by atoms with van der Waals surface area (Å²) < 4.78 is 0. The summed E-state index contributed by atoms with van der Waals surface area (Å²) in [4.78, 5) is 48.4. The number of carboxylic acids is 1. The molecular formula is C20H30N4O6. The zero-order valence-electron chi connectivity index (χ0n) is 17.3. The quantitative estimate of drug-likeness (QED) is 0.259. The van der Waals surface area contributed by atoms with Crippen LogP contribution in [0.4, 0.5) is 0 Å². The van der Waals surface area contributed by atoms with Gasteiger partial charge in [-0.15, -0.1) is 0 Å². The van der Waals surface area contributed by atoms with Gasteiger partial charge in [0.05, 0.1) is 12.6 Å². The van der Waals surface area contributed by atoms with E-state index < -0.39 is 47.9 Å². The number of benzene rings is 1. The Kier molecular flexibility index (Phi) is 9.93. The molecule has 0 heterocycles. The van der Waals surface area contributed by atoms with E-state index in [2.05, 4.69) is 16.0 Å². The third kappa shape index (κ3) is 7.80. The van der Waals surface area contributed by atoms with Crippen LogP contribution < -0.4 is 21.7 Å². The molecular weight excluding hydrogens is 392 g/mol. The third-order valence-electron chi connectivity index (χ3n) is 4.41. The molecule has 1 rings (SSSR count). The lowest BCUT2D eigenvalue weighted by Gasteiger charge is -2.27. The van der Waals surface area contributed by atoms with Crippen LogP contribution in [0.3, 0.4) is 0 Å². The number of aliphatic carboxylic acids is 1. The van der Waals surface area contributed by atoms with Gasteiger partial charge >= 0.3 is 5.97 Å². The van der Waals surface area contributed by atoms with Crippen molar-refractivity contribution in [2.75, 3.05) is 6.54 Å². The van der Waals surface area contributed by atoms with E-state index >= 15 is 0 Å². The number of amides is 3. The van der Waals surface area contributed by atoms with Crippen molar-refractivity contribution in [1.82, 2.24) is 16.0 Å². The van der Waals surface area contributed by atoms with Crippen molar-refractivity contribution in [3.8, 4) is 0 Å². The standard InChI is InChI=1S/C20H30N4O6/c1-11(2)16(24-19(28)17(12(3)25)23-15(26)10-21)18(27)22-14(20(29)30)9-13-7-5-4-6-8-13/h4-8,11-12,14,16-17,25H,9-10,21H2,1-3H3,(H,22,27)(H,23,26)(H,24,28)(H,29,30). The molecule has 3 amide bonds. The maximum atomic E-state index is 12.7. The van der Waals surface area contributed by atoms with E-state index in [1.165, 1.54) is 6.92 Å². The molecule has 0 aliphatic heterocycles. The minimum absolute atomic E-state index is 0.0729. The summed E-state index contributed by atoms with van der Waals surface area (Å²) in [5.41, 5.74) is 5.95. The van der Waals surface area contributed by atoms with Gasteiger partial charge in [0.2, 0.25) is 17.7 Å². The molecule has 4 unspecified atom stereocenters. The second-order valence-electron chi connectivity index (χ2n) is 7.31. The maximum absolute atomic E-state index is 12.7. The average Bonchev–Trinajstić information content (AvgIpc) is 2.69. The van der Waals surface area contributed by atoms with Gasteiger partial charge in [-0.25, -0.2) is 4.79 Å². The fourth-order valence-electron chi connectivity index (χ4n) is 2.73. The predicted octanol–water partition coefficient (Wildman–Crippen LogP) is -1.24. The van der Waals surface area contributed by atoms with E-state index in [0.29, 0.717) is 0 Å². The lowest BCUT2D eigenvalue weighted by atomic mass is 10.0.